The van der Waals surface area contributed by atoms with E-state index in [1.54, 1.807) is 12.1 Å². The summed E-state index contributed by atoms with van der Waals surface area (Å²) in [6, 6.07) is 10.8. The lowest BCUT2D eigenvalue weighted by atomic mass is 10.1. The first kappa shape index (κ1) is 18.0. The Balaban J connectivity index is 2.07. The molecule has 0 unspecified atom stereocenters. The third-order valence-electron chi connectivity index (χ3n) is 3.16. The molecule has 0 aromatic heterocycles. The zero-order valence-electron chi connectivity index (χ0n) is 12.5. The molecule has 0 fully saturated rings. The molecule has 120 valence electrons. The summed E-state index contributed by atoms with van der Waals surface area (Å²) in [5.74, 6) is 0. The molecule has 0 atom stereocenters. The van der Waals surface area contributed by atoms with E-state index in [1.807, 2.05) is 38.1 Å². The number of nitrogens with one attached hydrogen (secondary N) is 2. The first-order valence-electron chi connectivity index (χ1n) is 6.70. The summed E-state index contributed by atoms with van der Waals surface area (Å²) >= 11 is 23.3. The highest BCUT2D eigenvalue weighted by atomic mass is 35.5. The van der Waals surface area contributed by atoms with Gasteiger partial charge in [0.15, 0.2) is 5.11 Å². The Labute approximate surface area is 155 Å². The molecule has 0 aliphatic heterocycles. The Kier molecular flexibility index (Phi) is 6.25. The summed E-state index contributed by atoms with van der Waals surface area (Å²) in [4.78, 5) is 0. The van der Waals surface area contributed by atoms with Gasteiger partial charge >= 0.3 is 0 Å². The van der Waals surface area contributed by atoms with Crippen molar-refractivity contribution >= 4 is 63.5 Å². The molecule has 0 amide bonds. The van der Waals surface area contributed by atoms with E-state index in [2.05, 4.69) is 15.8 Å². The predicted octanol–water partition coefficient (Wildman–Crippen LogP) is 5.67. The van der Waals surface area contributed by atoms with Crippen molar-refractivity contribution in [1.82, 2.24) is 5.43 Å². The van der Waals surface area contributed by atoms with Crippen molar-refractivity contribution in [3.8, 4) is 0 Å². The van der Waals surface area contributed by atoms with Crippen molar-refractivity contribution in [2.75, 3.05) is 5.32 Å². The lowest BCUT2D eigenvalue weighted by molar-refractivity contribution is 1.04. The molecule has 0 spiro atoms. The Bertz CT molecular complexity index is 775. The number of hydrogen-bond acceptors (Lipinski definition) is 2. The maximum Gasteiger partial charge on any atom is 0.191 e. The van der Waals surface area contributed by atoms with E-state index in [9.17, 15) is 0 Å². The van der Waals surface area contributed by atoms with Crippen LogP contribution in [-0.4, -0.2) is 10.8 Å². The summed E-state index contributed by atoms with van der Waals surface area (Å²) < 4.78 is 0. The Morgan fingerprint density at radius 1 is 1.09 bits per heavy atom. The third-order valence-corrected chi connectivity index (χ3v) is 4.31. The molecule has 0 radical (unpaired) electrons. The molecule has 7 heteroatoms. The molecule has 0 saturated heterocycles. The van der Waals surface area contributed by atoms with Crippen molar-refractivity contribution < 1.29 is 0 Å². The number of benzene rings is 2. The molecular weight excluding hydrogens is 373 g/mol. The monoisotopic (exact) mass is 385 g/mol. The van der Waals surface area contributed by atoms with Crippen LogP contribution < -0.4 is 10.7 Å². The molecule has 2 aromatic rings. The van der Waals surface area contributed by atoms with Crippen LogP contribution in [0.2, 0.25) is 15.1 Å². The standard InChI is InChI=1S/C16H14Cl3N3S/c1-9-13(18)4-3-5-15(9)20-16(23)22-21-10(2)12-7-6-11(17)8-14(12)19/h3-8H,1-2H3,(H2,20,22,23)/b21-10-. The number of anilines is 1. The van der Waals surface area contributed by atoms with Crippen molar-refractivity contribution in [1.29, 1.82) is 0 Å². The van der Waals surface area contributed by atoms with Crippen LogP contribution >= 0.6 is 47.0 Å². The number of halogens is 3. The van der Waals surface area contributed by atoms with Gasteiger partial charge in [-0.25, -0.2) is 0 Å². The highest BCUT2D eigenvalue weighted by Crippen LogP contribution is 2.23. The van der Waals surface area contributed by atoms with Gasteiger partial charge in [0.25, 0.3) is 0 Å². The average molecular weight is 387 g/mol. The van der Waals surface area contributed by atoms with Crippen molar-refractivity contribution in [2.45, 2.75) is 13.8 Å². The van der Waals surface area contributed by atoms with Crippen LogP contribution in [0, 0.1) is 6.92 Å². The number of nitrogens with zero attached hydrogens (tertiary/aromatic N) is 1. The second kappa shape index (κ2) is 7.97. The van der Waals surface area contributed by atoms with E-state index in [1.165, 1.54) is 0 Å². The van der Waals surface area contributed by atoms with Crippen LogP contribution in [0.5, 0.6) is 0 Å². The molecular formula is C16H14Cl3N3S. The second-order valence-electron chi connectivity index (χ2n) is 4.80. The highest BCUT2D eigenvalue weighted by molar-refractivity contribution is 7.80. The van der Waals surface area contributed by atoms with E-state index < -0.39 is 0 Å². The quantitative estimate of drug-likeness (QED) is 0.405. The van der Waals surface area contributed by atoms with Crippen LogP contribution in [0.4, 0.5) is 5.69 Å². The molecule has 0 aliphatic carbocycles. The van der Waals surface area contributed by atoms with E-state index in [4.69, 9.17) is 47.0 Å². The van der Waals surface area contributed by atoms with Crippen LogP contribution in [0.1, 0.15) is 18.1 Å². The van der Waals surface area contributed by atoms with Crippen LogP contribution in [0.15, 0.2) is 41.5 Å². The lowest BCUT2D eigenvalue weighted by Gasteiger charge is -2.11. The normalized spacial score (nSPS) is 11.3. The summed E-state index contributed by atoms with van der Waals surface area (Å²) in [5.41, 5.74) is 6.01. The Morgan fingerprint density at radius 2 is 1.83 bits per heavy atom. The van der Waals surface area contributed by atoms with E-state index >= 15 is 0 Å². The van der Waals surface area contributed by atoms with Crippen molar-refractivity contribution in [2.24, 2.45) is 5.10 Å². The minimum atomic E-state index is 0.361. The number of thiocarbonyl (C=S) groups is 1. The maximum absolute atomic E-state index is 6.15. The molecule has 0 bridgehead atoms. The minimum Gasteiger partial charge on any atom is -0.331 e. The highest BCUT2D eigenvalue weighted by Gasteiger charge is 2.06. The predicted molar refractivity (Wildman–Crippen MR) is 104 cm³/mol. The van der Waals surface area contributed by atoms with Gasteiger partial charge in [-0.15, -0.1) is 0 Å². The topological polar surface area (TPSA) is 36.4 Å². The summed E-state index contributed by atoms with van der Waals surface area (Å²) in [6.07, 6.45) is 0. The van der Waals surface area contributed by atoms with Crippen molar-refractivity contribution in [3.05, 3.63) is 62.6 Å². The largest absolute Gasteiger partial charge is 0.331 e. The SMILES string of the molecule is C/C(=N/NC(=S)Nc1cccc(Cl)c1C)c1ccc(Cl)cc1Cl. The summed E-state index contributed by atoms with van der Waals surface area (Å²) in [6.45, 7) is 3.74. The number of hydrogen-bond donors (Lipinski definition) is 2. The number of hydrazone groups is 1. The van der Waals surface area contributed by atoms with Crippen LogP contribution in [-0.2, 0) is 0 Å². The second-order valence-corrected chi connectivity index (χ2v) is 6.46. The smallest absolute Gasteiger partial charge is 0.191 e. The van der Waals surface area contributed by atoms with Crippen LogP contribution in [0.3, 0.4) is 0 Å². The Morgan fingerprint density at radius 3 is 2.52 bits per heavy atom. The molecule has 23 heavy (non-hydrogen) atoms. The molecule has 0 aliphatic rings. The van der Waals surface area contributed by atoms with Crippen molar-refractivity contribution in [3.63, 3.8) is 0 Å². The molecule has 2 rings (SSSR count). The van der Waals surface area contributed by atoms with Gasteiger partial charge < -0.3 is 5.32 Å². The zero-order chi connectivity index (χ0) is 17.0. The average Bonchev–Trinajstić information content (AvgIpc) is 2.49. The summed E-state index contributed by atoms with van der Waals surface area (Å²) in [5, 5.41) is 9.43. The minimum absolute atomic E-state index is 0.361. The molecule has 2 aromatic carbocycles. The number of rotatable bonds is 3. The fourth-order valence-electron chi connectivity index (χ4n) is 1.87. The van der Waals surface area contributed by atoms with Gasteiger partial charge in [-0.3, -0.25) is 5.43 Å². The third kappa shape index (κ3) is 4.82. The Hall–Kier alpha value is -1.33. The molecule has 0 heterocycles. The van der Waals surface area contributed by atoms with Gasteiger partial charge in [-0.05, 0) is 55.9 Å². The fraction of sp³-hybridized carbons (Fsp3) is 0.125. The van der Waals surface area contributed by atoms with E-state index in [0.29, 0.717) is 25.9 Å². The molecule has 3 nitrogen and oxygen atoms in total. The van der Waals surface area contributed by atoms with Gasteiger partial charge in [0.1, 0.15) is 0 Å². The molecule has 2 N–H and O–H groups in total. The van der Waals surface area contributed by atoms with E-state index in [0.717, 1.165) is 16.8 Å². The van der Waals surface area contributed by atoms with Gasteiger partial charge in [0.2, 0.25) is 0 Å². The molecule has 0 saturated carbocycles. The first-order valence-corrected chi connectivity index (χ1v) is 8.24. The van der Waals surface area contributed by atoms with Gasteiger partial charge in [0.05, 0.1) is 10.7 Å². The maximum atomic E-state index is 6.15. The summed E-state index contributed by atoms with van der Waals surface area (Å²) in [7, 11) is 0. The zero-order valence-corrected chi connectivity index (χ0v) is 15.5. The van der Waals surface area contributed by atoms with Crippen LogP contribution in [0.25, 0.3) is 0 Å². The first-order chi connectivity index (χ1) is 10.9. The fourth-order valence-corrected chi connectivity index (χ4v) is 2.75. The van der Waals surface area contributed by atoms with Gasteiger partial charge in [-0.2, -0.15) is 5.10 Å². The lowest BCUT2D eigenvalue weighted by Crippen LogP contribution is -2.25. The van der Waals surface area contributed by atoms with Gasteiger partial charge in [-0.1, -0.05) is 46.9 Å². The van der Waals surface area contributed by atoms with Gasteiger partial charge in [0, 0.05) is 21.3 Å². The van der Waals surface area contributed by atoms with E-state index in [-0.39, 0.29) is 0 Å².